The topological polar surface area (TPSA) is 64.4 Å². The molecule has 0 bridgehead atoms. The number of hydrogen-bond acceptors (Lipinski definition) is 3. The molecule has 1 amide bonds. The Morgan fingerprint density at radius 2 is 1.73 bits per heavy atom. The Labute approximate surface area is 131 Å². The van der Waals surface area contributed by atoms with E-state index in [1.165, 1.54) is 5.56 Å². The second kappa shape index (κ2) is 8.85. The van der Waals surface area contributed by atoms with Crippen molar-refractivity contribution in [1.29, 1.82) is 0 Å². The van der Waals surface area contributed by atoms with Gasteiger partial charge in [-0.3, -0.25) is 4.79 Å². The van der Waals surface area contributed by atoms with Crippen LogP contribution < -0.4 is 11.1 Å². The van der Waals surface area contributed by atoms with Gasteiger partial charge in [0.1, 0.15) is 0 Å². The Morgan fingerprint density at radius 3 is 2.50 bits per heavy atom. The molecule has 0 saturated carbocycles. The third-order valence-corrected chi connectivity index (χ3v) is 3.32. The lowest BCUT2D eigenvalue weighted by Gasteiger charge is -2.07. The van der Waals surface area contributed by atoms with Crippen LogP contribution in [0.5, 0.6) is 0 Å². The van der Waals surface area contributed by atoms with Crippen molar-refractivity contribution in [2.45, 2.75) is 19.4 Å². The fraction of sp³-hybridized carbons (Fsp3) is 0.278. The highest BCUT2D eigenvalue weighted by Crippen LogP contribution is 2.09. The van der Waals surface area contributed by atoms with Gasteiger partial charge in [0, 0.05) is 18.8 Å². The lowest BCUT2D eigenvalue weighted by atomic mass is 10.1. The van der Waals surface area contributed by atoms with E-state index in [1.807, 2.05) is 42.5 Å². The summed E-state index contributed by atoms with van der Waals surface area (Å²) in [5.41, 5.74) is 7.98. The molecular weight excluding hydrogens is 276 g/mol. The van der Waals surface area contributed by atoms with Crippen LogP contribution in [0.3, 0.4) is 0 Å². The van der Waals surface area contributed by atoms with Crippen molar-refractivity contribution >= 4 is 11.6 Å². The van der Waals surface area contributed by atoms with E-state index in [9.17, 15) is 4.79 Å². The SMILES string of the molecule is Nc1ccccc1C(=O)NCCCCOCc1ccccc1. The predicted molar refractivity (Wildman–Crippen MR) is 88.5 cm³/mol. The summed E-state index contributed by atoms with van der Waals surface area (Å²) in [5.74, 6) is -0.122. The Bertz CT molecular complexity index is 585. The van der Waals surface area contributed by atoms with Gasteiger partial charge in [-0.15, -0.1) is 0 Å². The van der Waals surface area contributed by atoms with E-state index in [4.69, 9.17) is 10.5 Å². The number of nitrogen functional groups attached to an aromatic ring is 1. The molecule has 4 heteroatoms. The van der Waals surface area contributed by atoms with Crippen LogP contribution in [-0.2, 0) is 11.3 Å². The number of anilines is 1. The predicted octanol–water partition coefficient (Wildman–Crippen LogP) is 3.00. The van der Waals surface area contributed by atoms with Crippen LogP contribution >= 0.6 is 0 Å². The largest absolute Gasteiger partial charge is 0.398 e. The molecule has 116 valence electrons. The van der Waals surface area contributed by atoms with Gasteiger partial charge in [-0.05, 0) is 30.5 Å². The molecule has 3 N–H and O–H groups in total. The van der Waals surface area contributed by atoms with E-state index < -0.39 is 0 Å². The van der Waals surface area contributed by atoms with Gasteiger partial charge in [0.2, 0.25) is 0 Å². The van der Waals surface area contributed by atoms with Crippen molar-refractivity contribution in [3.63, 3.8) is 0 Å². The number of benzene rings is 2. The molecule has 0 aromatic heterocycles. The maximum absolute atomic E-state index is 11.9. The average molecular weight is 298 g/mol. The quantitative estimate of drug-likeness (QED) is 0.581. The van der Waals surface area contributed by atoms with Crippen molar-refractivity contribution in [1.82, 2.24) is 5.32 Å². The fourth-order valence-corrected chi connectivity index (χ4v) is 2.09. The number of nitrogens with one attached hydrogen (secondary N) is 1. The molecule has 2 rings (SSSR count). The van der Waals surface area contributed by atoms with Gasteiger partial charge >= 0.3 is 0 Å². The molecule has 2 aromatic rings. The van der Waals surface area contributed by atoms with Crippen LogP contribution in [0.25, 0.3) is 0 Å². The van der Waals surface area contributed by atoms with Gasteiger partial charge in [-0.1, -0.05) is 42.5 Å². The van der Waals surface area contributed by atoms with Crippen LogP contribution in [0, 0.1) is 0 Å². The van der Waals surface area contributed by atoms with Gasteiger partial charge in [0.15, 0.2) is 0 Å². The maximum atomic E-state index is 11.9. The molecule has 0 fully saturated rings. The summed E-state index contributed by atoms with van der Waals surface area (Å²) in [5, 5.41) is 2.87. The number of rotatable bonds is 8. The van der Waals surface area contributed by atoms with E-state index >= 15 is 0 Å². The summed E-state index contributed by atoms with van der Waals surface area (Å²) in [7, 11) is 0. The first-order valence-electron chi connectivity index (χ1n) is 7.52. The second-order valence-corrected chi connectivity index (χ2v) is 5.09. The van der Waals surface area contributed by atoms with Crippen molar-refractivity contribution < 1.29 is 9.53 Å². The van der Waals surface area contributed by atoms with E-state index in [-0.39, 0.29) is 5.91 Å². The number of para-hydroxylation sites is 1. The Kier molecular flexibility index (Phi) is 6.45. The third-order valence-electron chi connectivity index (χ3n) is 3.32. The Morgan fingerprint density at radius 1 is 1.00 bits per heavy atom. The number of nitrogens with two attached hydrogens (primary N) is 1. The van der Waals surface area contributed by atoms with Crippen LogP contribution in [0.15, 0.2) is 54.6 Å². The zero-order valence-corrected chi connectivity index (χ0v) is 12.6. The highest BCUT2D eigenvalue weighted by Gasteiger charge is 2.07. The molecule has 0 saturated heterocycles. The molecule has 0 radical (unpaired) electrons. The van der Waals surface area contributed by atoms with Gasteiger partial charge in [-0.25, -0.2) is 0 Å². The molecule has 0 spiro atoms. The molecule has 0 atom stereocenters. The molecule has 0 heterocycles. The third kappa shape index (κ3) is 5.22. The summed E-state index contributed by atoms with van der Waals surface area (Å²) < 4.78 is 5.60. The van der Waals surface area contributed by atoms with Gasteiger partial charge in [-0.2, -0.15) is 0 Å². The van der Waals surface area contributed by atoms with Crippen molar-refractivity contribution in [2.24, 2.45) is 0 Å². The van der Waals surface area contributed by atoms with Crippen LogP contribution in [0.1, 0.15) is 28.8 Å². The number of hydrogen-bond donors (Lipinski definition) is 2. The van der Waals surface area contributed by atoms with E-state index in [0.717, 1.165) is 12.8 Å². The maximum Gasteiger partial charge on any atom is 0.253 e. The molecule has 0 aliphatic carbocycles. The monoisotopic (exact) mass is 298 g/mol. The molecular formula is C18H22N2O2. The van der Waals surface area contributed by atoms with E-state index in [2.05, 4.69) is 5.32 Å². The lowest BCUT2D eigenvalue weighted by molar-refractivity contribution is 0.0946. The molecule has 0 aliphatic rings. The summed E-state index contributed by atoms with van der Waals surface area (Å²) in [4.78, 5) is 11.9. The Hall–Kier alpha value is -2.33. The molecule has 0 unspecified atom stereocenters. The summed E-state index contributed by atoms with van der Waals surface area (Å²) in [6.45, 7) is 1.95. The minimum Gasteiger partial charge on any atom is -0.398 e. The van der Waals surface area contributed by atoms with Crippen LogP contribution in [-0.4, -0.2) is 19.1 Å². The van der Waals surface area contributed by atoms with Crippen LogP contribution in [0.4, 0.5) is 5.69 Å². The first-order valence-corrected chi connectivity index (χ1v) is 7.52. The van der Waals surface area contributed by atoms with Gasteiger partial charge in [0.05, 0.1) is 12.2 Å². The number of carbonyl (C=O) groups is 1. The summed E-state index contributed by atoms with van der Waals surface area (Å²) in [6, 6.07) is 17.2. The van der Waals surface area contributed by atoms with Gasteiger partial charge in [0.25, 0.3) is 5.91 Å². The number of amides is 1. The molecule has 2 aromatic carbocycles. The second-order valence-electron chi connectivity index (χ2n) is 5.09. The van der Waals surface area contributed by atoms with Crippen molar-refractivity contribution in [3.8, 4) is 0 Å². The summed E-state index contributed by atoms with van der Waals surface area (Å²) in [6.07, 6.45) is 1.80. The van der Waals surface area contributed by atoms with E-state index in [0.29, 0.717) is 31.0 Å². The Balaban J connectivity index is 1.56. The standard InChI is InChI=1S/C18H22N2O2/c19-17-11-5-4-10-16(17)18(21)20-12-6-7-13-22-14-15-8-2-1-3-9-15/h1-5,8-11H,6-7,12-14,19H2,(H,20,21). The zero-order chi connectivity index (χ0) is 15.6. The zero-order valence-electron chi connectivity index (χ0n) is 12.6. The first kappa shape index (κ1) is 16.0. The minimum absolute atomic E-state index is 0.122. The minimum atomic E-state index is -0.122. The highest BCUT2D eigenvalue weighted by molar-refractivity contribution is 5.98. The highest BCUT2D eigenvalue weighted by atomic mass is 16.5. The van der Waals surface area contributed by atoms with Crippen LogP contribution in [0.2, 0.25) is 0 Å². The van der Waals surface area contributed by atoms with Crippen molar-refractivity contribution in [3.05, 3.63) is 65.7 Å². The van der Waals surface area contributed by atoms with Crippen molar-refractivity contribution in [2.75, 3.05) is 18.9 Å². The fourth-order valence-electron chi connectivity index (χ4n) is 2.09. The molecule has 4 nitrogen and oxygen atoms in total. The smallest absolute Gasteiger partial charge is 0.253 e. The molecule has 0 aliphatic heterocycles. The average Bonchev–Trinajstić information content (AvgIpc) is 2.55. The number of ether oxygens (including phenoxy) is 1. The normalized spacial score (nSPS) is 10.4. The number of carbonyl (C=O) groups excluding carboxylic acids is 1. The first-order chi connectivity index (χ1) is 10.8. The summed E-state index contributed by atoms with van der Waals surface area (Å²) >= 11 is 0. The van der Waals surface area contributed by atoms with Gasteiger partial charge < -0.3 is 15.8 Å². The lowest BCUT2D eigenvalue weighted by Crippen LogP contribution is -2.25. The number of unbranched alkanes of at least 4 members (excludes halogenated alkanes) is 1. The molecule has 22 heavy (non-hydrogen) atoms. The van der Waals surface area contributed by atoms with E-state index in [1.54, 1.807) is 12.1 Å².